The third-order valence-electron chi connectivity index (χ3n) is 4.17. The zero-order valence-electron chi connectivity index (χ0n) is 14.1. The van der Waals surface area contributed by atoms with E-state index in [9.17, 15) is 13.2 Å². The van der Waals surface area contributed by atoms with Crippen LogP contribution in [0.4, 0.5) is 13.2 Å². The van der Waals surface area contributed by atoms with Gasteiger partial charge in [0.25, 0.3) is 0 Å². The molecule has 0 spiro atoms. The maximum atomic E-state index is 12.6. The molecule has 134 valence electrons. The smallest absolute Gasteiger partial charge is 0.416 e. The van der Waals surface area contributed by atoms with Gasteiger partial charge in [-0.1, -0.05) is 48.5 Å². The number of benzene rings is 3. The van der Waals surface area contributed by atoms with Crippen molar-refractivity contribution >= 4 is 23.3 Å². The number of oxazole rings is 1. The van der Waals surface area contributed by atoms with Gasteiger partial charge in [-0.25, -0.2) is 4.98 Å². The molecule has 27 heavy (non-hydrogen) atoms. The van der Waals surface area contributed by atoms with Crippen molar-refractivity contribution < 1.29 is 17.6 Å². The molecule has 0 aliphatic rings. The normalized spacial score (nSPS) is 12.1. The third kappa shape index (κ3) is 3.77. The van der Waals surface area contributed by atoms with Crippen LogP contribution in [0.1, 0.15) is 17.0 Å². The highest BCUT2D eigenvalue weighted by Crippen LogP contribution is 2.29. The average molecular weight is 365 g/mol. The number of hydrogen-bond donors (Lipinski definition) is 0. The van der Waals surface area contributed by atoms with E-state index in [0.717, 1.165) is 28.8 Å². The Morgan fingerprint density at radius 1 is 0.778 bits per heavy atom. The number of hydrogen-bond acceptors (Lipinski definition) is 2. The van der Waals surface area contributed by atoms with Gasteiger partial charge in [0.1, 0.15) is 5.52 Å². The second-order valence-electron chi connectivity index (χ2n) is 6.05. The zero-order valence-corrected chi connectivity index (χ0v) is 14.1. The number of rotatable bonds is 3. The van der Waals surface area contributed by atoms with Crippen molar-refractivity contribution in [3.63, 3.8) is 0 Å². The van der Waals surface area contributed by atoms with Gasteiger partial charge in [-0.15, -0.1) is 0 Å². The van der Waals surface area contributed by atoms with Crippen LogP contribution in [0.5, 0.6) is 0 Å². The molecule has 0 unspecified atom stereocenters. The lowest BCUT2D eigenvalue weighted by Crippen LogP contribution is -2.03. The molecule has 2 nitrogen and oxygen atoms in total. The van der Waals surface area contributed by atoms with Gasteiger partial charge < -0.3 is 4.42 Å². The topological polar surface area (TPSA) is 26.0 Å². The predicted molar refractivity (Wildman–Crippen MR) is 99.8 cm³/mol. The van der Waals surface area contributed by atoms with Crippen LogP contribution < -0.4 is 0 Å². The fraction of sp³-hybridized carbons (Fsp3) is 0.0455. The fourth-order valence-corrected chi connectivity index (χ4v) is 2.77. The summed E-state index contributed by atoms with van der Waals surface area (Å²) >= 11 is 0. The minimum Gasteiger partial charge on any atom is -0.437 e. The summed E-state index contributed by atoms with van der Waals surface area (Å²) in [7, 11) is 0. The van der Waals surface area contributed by atoms with E-state index in [0.29, 0.717) is 17.0 Å². The molecule has 4 aromatic rings. The summed E-state index contributed by atoms with van der Waals surface area (Å²) in [5.41, 5.74) is 3.45. The SMILES string of the molecule is FC(F)(F)c1ccc(/C=C/c2nc3ccc(-c4ccccc4)cc3o2)cc1. The van der Waals surface area contributed by atoms with Crippen molar-refractivity contribution in [2.75, 3.05) is 0 Å². The van der Waals surface area contributed by atoms with Crippen molar-refractivity contribution in [3.8, 4) is 11.1 Å². The van der Waals surface area contributed by atoms with E-state index in [1.807, 2.05) is 48.5 Å². The molecule has 4 rings (SSSR count). The van der Waals surface area contributed by atoms with Gasteiger partial charge in [0.15, 0.2) is 5.58 Å². The largest absolute Gasteiger partial charge is 0.437 e. The van der Waals surface area contributed by atoms with Gasteiger partial charge in [-0.3, -0.25) is 0 Å². The Labute approximate surface area is 153 Å². The predicted octanol–water partition coefficient (Wildman–Crippen LogP) is 6.68. The van der Waals surface area contributed by atoms with Crippen LogP contribution in [-0.2, 0) is 6.18 Å². The molecular weight excluding hydrogens is 351 g/mol. The summed E-state index contributed by atoms with van der Waals surface area (Å²) in [4.78, 5) is 4.39. The van der Waals surface area contributed by atoms with E-state index in [1.165, 1.54) is 12.1 Å². The molecule has 0 radical (unpaired) electrons. The maximum Gasteiger partial charge on any atom is 0.416 e. The Balaban J connectivity index is 1.58. The van der Waals surface area contributed by atoms with Crippen molar-refractivity contribution in [1.29, 1.82) is 0 Å². The van der Waals surface area contributed by atoms with Gasteiger partial charge in [-0.2, -0.15) is 13.2 Å². The molecule has 0 saturated heterocycles. The minimum absolute atomic E-state index is 0.398. The molecule has 0 atom stereocenters. The van der Waals surface area contributed by atoms with Gasteiger partial charge >= 0.3 is 6.18 Å². The number of nitrogens with zero attached hydrogens (tertiary/aromatic N) is 1. The minimum atomic E-state index is -4.33. The standard InChI is InChI=1S/C22H14F3NO/c23-22(24,25)18-10-6-15(7-11-18)8-13-21-26-19-12-9-17(14-20(19)27-21)16-4-2-1-3-5-16/h1-14H/b13-8+. The first-order chi connectivity index (χ1) is 13.0. The molecule has 5 heteroatoms. The highest BCUT2D eigenvalue weighted by Gasteiger charge is 2.29. The summed E-state index contributed by atoms with van der Waals surface area (Å²) in [6.45, 7) is 0. The number of halogens is 3. The lowest BCUT2D eigenvalue weighted by Gasteiger charge is -2.05. The molecule has 0 amide bonds. The quantitative estimate of drug-likeness (QED) is 0.404. The van der Waals surface area contributed by atoms with Crippen LogP contribution in [0.15, 0.2) is 77.2 Å². The van der Waals surface area contributed by atoms with E-state index in [2.05, 4.69) is 4.98 Å². The van der Waals surface area contributed by atoms with Crippen LogP contribution in [0.2, 0.25) is 0 Å². The first kappa shape index (κ1) is 17.1. The molecule has 0 aliphatic heterocycles. The van der Waals surface area contributed by atoms with Gasteiger partial charge in [0.2, 0.25) is 5.89 Å². The van der Waals surface area contributed by atoms with Crippen molar-refractivity contribution in [2.24, 2.45) is 0 Å². The monoisotopic (exact) mass is 365 g/mol. The maximum absolute atomic E-state index is 12.6. The Bertz CT molecular complexity index is 1090. The summed E-state index contributed by atoms with van der Waals surface area (Å²) in [5.74, 6) is 0.398. The van der Waals surface area contributed by atoms with Crippen molar-refractivity contribution in [2.45, 2.75) is 6.18 Å². The molecule has 0 saturated carbocycles. The van der Waals surface area contributed by atoms with Crippen LogP contribution >= 0.6 is 0 Å². The summed E-state index contributed by atoms with van der Waals surface area (Å²) in [5, 5.41) is 0. The van der Waals surface area contributed by atoms with E-state index < -0.39 is 11.7 Å². The number of alkyl halides is 3. The molecule has 0 aliphatic carbocycles. The first-order valence-corrected chi connectivity index (χ1v) is 8.30. The van der Waals surface area contributed by atoms with E-state index >= 15 is 0 Å². The Kier molecular flexibility index (Phi) is 4.28. The Hall–Kier alpha value is -3.34. The molecule has 3 aromatic carbocycles. The number of fused-ring (bicyclic) bond motifs is 1. The van der Waals surface area contributed by atoms with E-state index in [-0.39, 0.29) is 0 Å². The molecule has 0 N–H and O–H groups in total. The molecule has 0 bridgehead atoms. The lowest BCUT2D eigenvalue weighted by atomic mass is 10.1. The van der Waals surface area contributed by atoms with Crippen LogP contribution in [-0.4, -0.2) is 4.98 Å². The summed E-state index contributed by atoms with van der Waals surface area (Å²) < 4.78 is 43.6. The van der Waals surface area contributed by atoms with Crippen molar-refractivity contribution in [3.05, 3.63) is 89.8 Å². The van der Waals surface area contributed by atoms with E-state index in [1.54, 1.807) is 12.2 Å². The van der Waals surface area contributed by atoms with Gasteiger partial charge in [-0.05, 0) is 47.0 Å². The molecular formula is C22H14F3NO. The van der Waals surface area contributed by atoms with Crippen molar-refractivity contribution in [1.82, 2.24) is 4.98 Å². The second-order valence-corrected chi connectivity index (χ2v) is 6.05. The third-order valence-corrected chi connectivity index (χ3v) is 4.17. The average Bonchev–Trinajstić information content (AvgIpc) is 3.09. The first-order valence-electron chi connectivity index (χ1n) is 8.30. The summed E-state index contributed by atoms with van der Waals surface area (Å²) in [6, 6.07) is 20.6. The Morgan fingerprint density at radius 2 is 1.52 bits per heavy atom. The molecule has 0 fully saturated rings. The highest BCUT2D eigenvalue weighted by molar-refractivity contribution is 5.81. The highest BCUT2D eigenvalue weighted by atomic mass is 19.4. The van der Waals surface area contributed by atoms with Gasteiger partial charge in [0.05, 0.1) is 5.56 Å². The molecule has 1 aromatic heterocycles. The van der Waals surface area contributed by atoms with Crippen LogP contribution in [0.3, 0.4) is 0 Å². The number of aromatic nitrogens is 1. The summed E-state index contributed by atoms with van der Waals surface area (Å²) in [6.07, 6.45) is -1.02. The second kappa shape index (κ2) is 6.76. The fourth-order valence-electron chi connectivity index (χ4n) is 2.77. The zero-order chi connectivity index (χ0) is 18.9. The Morgan fingerprint density at radius 3 is 2.22 bits per heavy atom. The molecule has 1 heterocycles. The lowest BCUT2D eigenvalue weighted by molar-refractivity contribution is -0.137. The van der Waals surface area contributed by atoms with E-state index in [4.69, 9.17) is 4.42 Å². The van der Waals surface area contributed by atoms with Crippen LogP contribution in [0, 0.1) is 0 Å². The van der Waals surface area contributed by atoms with Gasteiger partial charge in [0, 0.05) is 6.08 Å². The van der Waals surface area contributed by atoms with Crippen LogP contribution in [0.25, 0.3) is 34.4 Å².